The van der Waals surface area contributed by atoms with E-state index in [9.17, 15) is 4.79 Å². The zero-order valence-corrected chi connectivity index (χ0v) is 7.61. The number of ketones is 1. The number of aryl methyl sites for hydroxylation is 1. The summed E-state index contributed by atoms with van der Waals surface area (Å²) < 4.78 is 0. The van der Waals surface area contributed by atoms with Crippen LogP contribution >= 0.6 is 0 Å². The van der Waals surface area contributed by atoms with Crippen molar-refractivity contribution in [2.45, 2.75) is 13.8 Å². The van der Waals surface area contributed by atoms with Gasteiger partial charge in [0.2, 0.25) is 0 Å². The summed E-state index contributed by atoms with van der Waals surface area (Å²) in [5.74, 6) is -0.719. The minimum absolute atomic E-state index is 0.137. The third kappa shape index (κ3) is 1.91. The van der Waals surface area contributed by atoms with Crippen molar-refractivity contribution in [3.05, 3.63) is 29.6 Å². The van der Waals surface area contributed by atoms with E-state index in [-0.39, 0.29) is 5.78 Å². The van der Waals surface area contributed by atoms with Gasteiger partial charge in [-0.05, 0) is 25.5 Å². The van der Waals surface area contributed by atoms with Crippen molar-refractivity contribution < 1.29 is 4.79 Å². The first-order chi connectivity index (χ1) is 6.16. The first kappa shape index (κ1) is 9.40. The largest absolute Gasteiger partial charge is 0.293 e. The summed E-state index contributed by atoms with van der Waals surface area (Å²) >= 11 is 0. The molecule has 3 heteroatoms. The van der Waals surface area contributed by atoms with E-state index in [2.05, 4.69) is 4.98 Å². The number of nitriles is 1. The van der Waals surface area contributed by atoms with Crippen LogP contribution in [0.4, 0.5) is 0 Å². The SMILES string of the molecule is Cc1cnccc1C(=O)C(C)C#N. The minimum atomic E-state index is -0.582. The van der Waals surface area contributed by atoms with Crippen LogP contribution in [0.3, 0.4) is 0 Å². The maximum Gasteiger partial charge on any atom is 0.180 e. The average Bonchev–Trinajstić information content (AvgIpc) is 2.16. The van der Waals surface area contributed by atoms with Crippen molar-refractivity contribution in [1.82, 2.24) is 4.98 Å². The normalized spacial score (nSPS) is 11.8. The minimum Gasteiger partial charge on any atom is -0.293 e. The molecule has 1 aromatic rings. The van der Waals surface area contributed by atoms with Crippen LogP contribution in [0.15, 0.2) is 18.5 Å². The van der Waals surface area contributed by atoms with Gasteiger partial charge in [0.15, 0.2) is 5.78 Å². The summed E-state index contributed by atoms with van der Waals surface area (Å²) in [4.78, 5) is 15.4. The number of aromatic nitrogens is 1. The molecule has 0 amide bonds. The predicted molar refractivity (Wildman–Crippen MR) is 48.1 cm³/mol. The molecule has 0 fully saturated rings. The van der Waals surface area contributed by atoms with Crippen LogP contribution < -0.4 is 0 Å². The first-order valence-corrected chi connectivity index (χ1v) is 4.01. The van der Waals surface area contributed by atoms with Crippen molar-refractivity contribution >= 4 is 5.78 Å². The summed E-state index contributed by atoms with van der Waals surface area (Å²) in [7, 11) is 0. The monoisotopic (exact) mass is 174 g/mol. The number of carbonyl (C=O) groups excluding carboxylic acids is 1. The molecule has 0 saturated carbocycles. The lowest BCUT2D eigenvalue weighted by Crippen LogP contribution is -2.10. The molecule has 13 heavy (non-hydrogen) atoms. The maximum atomic E-state index is 11.5. The summed E-state index contributed by atoms with van der Waals surface area (Å²) in [6, 6.07) is 3.56. The number of Topliss-reactive ketones (excluding diaryl/α,β-unsaturated/α-hetero) is 1. The molecule has 0 saturated heterocycles. The Kier molecular flexibility index (Phi) is 2.76. The molecule has 1 unspecified atom stereocenters. The van der Waals surface area contributed by atoms with Gasteiger partial charge in [0, 0.05) is 18.0 Å². The molecular weight excluding hydrogens is 164 g/mol. The number of hydrogen-bond acceptors (Lipinski definition) is 3. The fourth-order valence-corrected chi connectivity index (χ4v) is 1.04. The highest BCUT2D eigenvalue weighted by Gasteiger charge is 2.15. The lowest BCUT2D eigenvalue weighted by Gasteiger charge is -2.04. The Morgan fingerprint density at radius 1 is 1.69 bits per heavy atom. The molecule has 0 aromatic carbocycles. The Labute approximate surface area is 77.0 Å². The van der Waals surface area contributed by atoms with Crippen molar-refractivity contribution in [2.24, 2.45) is 5.92 Å². The Morgan fingerprint density at radius 3 is 2.92 bits per heavy atom. The summed E-state index contributed by atoms with van der Waals surface area (Å²) in [6.07, 6.45) is 3.18. The quantitative estimate of drug-likeness (QED) is 0.641. The summed E-state index contributed by atoms with van der Waals surface area (Å²) in [6.45, 7) is 3.41. The Bertz CT molecular complexity index is 365. The van der Waals surface area contributed by atoms with Gasteiger partial charge in [-0.3, -0.25) is 9.78 Å². The lowest BCUT2D eigenvalue weighted by atomic mass is 9.98. The smallest absolute Gasteiger partial charge is 0.180 e. The van der Waals surface area contributed by atoms with Gasteiger partial charge in [-0.2, -0.15) is 5.26 Å². The Balaban J connectivity index is 3.04. The zero-order valence-electron chi connectivity index (χ0n) is 7.61. The zero-order chi connectivity index (χ0) is 9.84. The van der Waals surface area contributed by atoms with Crippen LogP contribution in [0, 0.1) is 24.2 Å². The second-order valence-electron chi connectivity index (χ2n) is 2.91. The van der Waals surface area contributed by atoms with E-state index >= 15 is 0 Å². The Morgan fingerprint density at radius 2 is 2.38 bits per heavy atom. The van der Waals surface area contributed by atoms with Crippen molar-refractivity contribution in [2.75, 3.05) is 0 Å². The topological polar surface area (TPSA) is 53.8 Å². The molecule has 0 aliphatic carbocycles. The van der Waals surface area contributed by atoms with Gasteiger partial charge in [-0.15, -0.1) is 0 Å². The third-order valence-electron chi connectivity index (χ3n) is 1.87. The van der Waals surface area contributed by atoms with E-state index in [0.29, 0.717) is 5.56 Å². The highest BCUT2D eigenvalue weighted by molar-refractivity contribution is 6.00. The van der Waals surface area contributed by atoms with Crippen molar-refractivity contribution in [1.29, 1.82) is 5.26 Å². The number of carbonyl (C=O) groups is 1. The fraction of sp³-hybridized carbons (Fsp3) is 0.300. The van der Waals surface area contributed by atoms with Crippen LogP contribution in [-0.2, 0) is 0 Å². The molecule has 0 aliphatic rings. The van der Waals surface area contributed by atoms with Crippen LogP contribution in [0.2, 0.25) is 0 Å². The van der Waals surface area contributed by atoms with E-state index in [4.69, 9.17) is 5.26 Å². The van der Waals surface area contributed by atoms with E-state index in [1.807, 2.05) is 13.0 Å². The van der Waals surface area contributed by atoms with E-state index < -0.39 is 5.92 Å². The summed E-state index contributed by atoms with van der Waals surface area (Å²) in [5, 5.41) is 8.57. The highest BCUT2D eigenvalue weighted by atomic mass is 16.1. The van der Waals surface area contributed by atoms with Gasteiger partial charge in [0.1, 0.15) is 5.92 Å². The van der Waals surface area contributed by atoms with E-state index in [1.165, 1.54) is 0 Å². The van der Waals surface area contributed by atoms with E-state index in [0.717, 1.165) is 5.56 Å². The number of nitrogens with zero attached hydrogens (tertiary/aromatic N) is 2. The molecule has 3 nitrogen and oxygen atoms in total. The molecular formula is C10H10N2O. The van der Waals surface area contributed by atoms with Crippen LogP contribution in [-0.4, -0.2) is 10.8 Å². The molecule has 1 aromatic heterocycles. The second-order valence-corrected chi connectivity index (χ2v) is 2.91. The molecule has 1 rings (SSSR count). The predicted octanol–water partition coefficient (Wildman–Crippen LogP) is 1.73. The van der Waals surface area contributed by atoms with Gasteiger partial charge in [0.25, 0.3) is 0 Å². The van der Waals surface area contributed by atoms with Crippen LogP contribution in [0.1, 0.15) is 22.8 Å². The maximum absolute atomic E-state index is 11.5. The Hall–Kier alpha value is -1.69. The number of pyridine rings is 1. The molecule has 0 N–H and O–H groups in total. The summed E-state index contributed by atoms with van der Waals surface area (Å²) in [5.41, 5.74) is 1.40. The highest BCUT2D eigenvalue weighted by Crippen LogP contribution is 2.11. The van der Waals surface area contributed by atoms with Crippen molar-refractivity contribution in [3.63, 3.8) is 0 Å². The van der Waals surface area contributed by atoms with Gasteiger partial charge < -0.3 is 0 Å². The first-order valence-electron chi connectivity index (χ1n) is 4.01. The lowest BCUT2D eigenvalue weighted by molar-refractivity contribution is 0.0956. The van der Waals surface area contributed by atoms with Gasteiger partial charge >= 0.3 is 0 Å². The molecule has 0 bridgehead atoms. The van der Waals surface area contributed by atoms with Crippen molar-refractivity contribution in [3.8, 4) is 6.07 Å². The number of rotatable bonds is 2. The van der Waals surface area contributed by atoms with Crippen LogP contribution in [0.25, 0.3) is 0 Å². The molecule has 66 valence electrons. The molecule has 0 radical (unpaired) electrons. The average molecular weight is 174 g/mol. The van der Waals surface area contributed by atoms with Gasteiger partial charge in [-0.25, -0.2) is 0 Å². The standard InChI is InChI=1S/C10H10N2O/c1-7(5-11)10(13)9-3-4-12-6-8(9)2/h3-4,6-7H,1-2H3. The van der Waals surface area contributed by atoms with E-state index in [1.54, 1.807) is 25.4 Å². The molecule has 1 atom stereocenters. The molecule has 0 aliphatic heterocycles. The molecule has 1 heterocycles. The van der Waals surface area contributed by atoms with Crippen LogP contribution in [0.5, 0.6) is 0 Å². The fourth-order valence-electron chi connectivity index (χ4n) is 1.04. The second kappa shape index (κ2) is 3.81. The van der Waals surface area contributed by atoms with Gasteiger partial charge in [0.05, 0.1) is 6.07 Å². The number of hydrogen-bond donors (Lipinski definition) is 0. The van der Waals surface area contributed by atoms with Gasteiger partial charge in [-0.1, -0.05) is 0 Å². The third-order valence-corrected chi connectivity index (χ3v) is 1.87. The molecule has 0 spiro atoms.